The van der Waals surface area contributed by atoms with E-state index in [-0.39, 0.29) is 17.7 Å². The van der Waals surface area contributed by atoms with Crippen molar-refractivity contribution >= 4 is 24.9 Å². The topological polar surface area (TPSA) is 147 Å². The number of para-hydroxylation sites is 1. The van der Waals surface area contributed by atoms with E-state index < -0.39 is 32.1 Å². The number of hydrogen-bond donors (Lipinski definition) is 2. The van der Waals surface area contributed by atoms with Gasteiger partial charge in [-0.15, -0.1) is 0 Å². The minimum Gasteiger partial charge on any atom is -0.468 e. The normalized spacial score (nSPS) is 20.9. The number of ether oxygens (including phenoxy) is 2. The van der Waals surface area contributed by atoms with E-state index in [2.05, 4.69) is 24.8 Å². The van der Waals surface area contributed by atoms with E-state index in [9.17, 15) is 14.2 Å². The number of carbonyl (C=O) groups is 1. The number of imidazole rings is 1. The summed E-state index contributed by atoms with van der Waals surface area (Å²) in [6.07, 6.45) is 3.22. The molecule has 0 amide bonds. The van der Waals surface area contributed by atoms with Crippen LogP contribution in [0.5, 0.6) is 5.75 Å². The van der Waals surface area contributed by atoms with E-state index in [0.29, 0.717) is 24.2 Å². The first-order valence-electron chi connectivity index (χ1n) is 10.3. The van der Waals surface area contributed by atoms with E-state index in [1.54, 1.807) is 34.9 Å². The summed E-state index contributed by atoms with van der Waals surface area (Å²) in [5.41, 5.74) is 0.306. The molecule has 1 aliphatic heterocycles. The zero-order valence-electron chi connectivity index (χ0n) is 18.0. The van der Waals surface area contributed by atoms with Gasteiger partial charge in [-0.05, 0) is 31.9 Å². The van der Waals surface area contributed by atoms with Crippen molar-refractivity contribution in [1.82, 2.24) is 24.6 Å². The number of nitrogens with one attached hydrogen (secondary N) is 2. The van der Waals surface area contributed by atoms with Gasteiger partial charge in [0.25, 0.3) is 5.56 Å². The number of aromatic nitrogens is 4. The van der Waals surface area contributed by atoms with Gasteiger partial charge < -0.3 is 19.0 Å². The summed E-state index contributed by atoms with van der Waals surface area (Å²) >= 11 is 0. The molecule has 1 aliphatic rings. The molecule has 1 saturated heterocycles. The first-order chi connectivity index (χ1) is 15.9. The number of H-pyrrole nitrogens is 1. The zero-order chi connectivity index (χ0) is 23.4. The number of fused-ring (bicyclic) bond motifs is 1. The Morgan fingerprint density at radius 1 is 1.33 bits per heavy atom. The predicted octanol–water partition coefficient (Wildman–Crippen LogP) is 2.15. The monoisotopic (exact) mass is 477 g/mol. The second-order valence-electron chi connectivity index (χ2n) is 7.42. The maximum Gasteiger partial charge on any atom is 0.459 e. The van der Waals surface area contributed by atoms with Gasteiger partial charge in [-0.25, -0.2) is 14.5 Å². The molecule has 33 heavy (non-hydrogen) atoms. The molecule has 1 unspecified atom stereocenters. The molecule has 0 saturated carbocycles. The first kappa shape index (κ1) is 23.1. The van der Waals surface area contributed by atoms with Crippen molar-refractivity contribution in [2.75, 3.05) is 13.7 Å². The highest BCUT2D eigenvalue weighted by atomic mass is 31.2. The Balaban J connectivity index is 1.44. The first-order valence-corrected chi connectivity index (χ1v) is 11.8. The summed E-state index contributed by atoms with van der Waals surface area (Å²) < 4.78 is 37.0. The van der Waals surface area contributed by atoms with Crippen molar-refractivity contribution in [3.8, 4) is 5.75 Å². The molecule has 1 aromatic carbocycles. The van der Waals surface area contributed by atoms with Crippen molar-refractivity contribution < 1.29 is 27.9 Å². The molecule has 0 aliphatic carbocycles. The van der Waals surface area contributed by atoms with Crippen molar-refractivity contribution in [2.24, 2.45) is 0 Å². The van der Waals surface area contributed by atoms with Crippen LogP contribution < -0.4 is 15.2 Å². The fourth-order valence-corrected chi connectivity index (χ4v) is 4.97. The van der Waals surface area contributed by atoms with Crippen molar-refractivity contribution in [3.05, 3.63) is 53.3 Å². The lowest BCUT2D eigenvalue weighted by Gasteiger charge is -2.24. The van der Waals surface area contributed by atoms with Crippen LogP contribution in [-0.4, -0.2) is 51.4 Å². The molecule has 3 heterocycles. The number of methoxy groups -OCH3 is 1. The Morgan fingerprint density at radius 2 is 2.12 bits per heavy atom. The van der Waals surface area contributed by atoms with Crippen LogP contribution in [0.25, 0.3) is 11.2 Å². The number of hydrogen-bond acceptors (Lipinski definition) is 9. The molecule has 2 aromatic heterocycles. The second-order valence-corrected chi connectivity index (χ2v) is 9.11. The maximum atomic E-state index is 13.4. The maximum absolute atomic E-state index is 13.4. The van der Waals surface area contributed by atoms with Crippen LogP contribution in [0.4, 0.5) is 0 Å². The molecule has 4 atom stereocenters. The van der Waals surface area contributed by atoms with Gasteiger partial charge in [-0.3, -0.25) is 18.7 Å². The van der Waals surface area contributed by atoms with Gasteiger partial charge in [0.2, 0.25) is 0 Å². The van der Waals surface area contributed by atoms with Crippen LogP contribution in [-0.2, 0) is 23.4 Å². The SMILES string of the molecule is COC(=O)[C@H](C)NP(=O)(OC[C@@H]1CC[C@H](n2cnc3c(=O)[nH]cnc32)O1)Oc1ccccc1. The summed E-state index contributed by atoms with van der Waals surface area (Å²) in [5.74, 6) is -0.293. The molecule has 3 aromatic rings. The van der Waals surface area contributed by atoms with Crippen molar-refractivity contribution in [3.63, 3.8) is 0 Å². The summed E-state index contributed by atoms with van der Waals surface area (Å²) in [7, 11) is -2.71. The summed E-state index contributed by atoms with van der Waals surface area (Å²) in [4.78, 5) is 34.5. The fraction of sp³-hybridized carbons (Fsp3) is 0.400. The average Bonchev–Trinajstić information content (AvgIpc) is 3.45. The molecule has 0 radical (unpaired) electrons. The van der Waals surface area contributed by atoms with Crippen LogP contribution in [0.15, 0.2) is 47.8 Å². The Kier molecular flexibility index (Phi) is 6.89. The molecule has 2 N–H and O–H groups in total. The van der Waals surface area contributed by atoms with Crippen LogP contribution in [0.2, 0.25) is 0 Å². The minimum atomic E-state index is -3.95. The highest BCUT2D eigenvalue weighted by Gasteiger charge is 2.35. The van der Waals surface area contributed by atoms with Crippen molar-refractivity contribution in [2.45, 2.75) is 38.1 Å². The van der Waals surface area contributed by atoms with Gasteiger partial charge in [0.15, 0.2) is 11.2 Å². The second kappa shape index (κ2) is 9.84. The molecule has 0 bridgehead atoms. The molecule has 4 rings (SSSR count). The Labute approximate surface area is 188 Å². The summed E-state index contributed by atoms with van der Waals surface area (Å²) in [5, 5.41) is 2.60. The lowest BCUT2D eigenvalue weighted by atomic mass is 10.2. The predicted molar refractivity (Wildman–Crippen MR) is 117 cm³/mol. The Hall–Kier alpha value is -3.05. The highest BCUT2D eigenvalue weighted by Crippen LogP contribution is 2.46. The molecular weight excluding hydrogens is 453 g/mol. The van der Waals surface area contributed by atoms with Crippen molar-refractivity contribution in [1.29, 1.82) is 0 Å². The standard InChI is InChI=1S/C20H24N5O7P/c1-13(20(27)29-2)24-33(28,32-14-6-4-3-5-7-14)30-10-15-8-9-16(31-15)25-12-23-17-18(25)21-11-22-19(17)26/h3-7,11-13,15-16H,8-10H2,1-2H3,(H,24,28)(H,21,22,26)/t13-,15-,16+,33?/m0/s1. The van der Waals surface area contributed by atoms with Gasteiger partial charge in [-0.2, -0.15) is 5.09 Å². The molecule has 13 heteroatoms. The van der Waals surface area contributed by atoms with Crippen LogP contribution in [0, 0.1) is 0 Å². The zero-order valence-corrected chi connectivity index (χ0v) is 18.9. The third-order valence-electron chi connectivity index (χ3n) is 5.07. The van der Waals surface area contributed by atoms with E-state index in [4.69, 9.17) is 13.8 Å². The molecular formula is C20H24N5O7P. The summed E-state index contributed by atoms with van der Waals surface area (Å²) in [6.45, 7) is 1.44. The molecule has 12 nitrogen and oxygen atoms in total. The summed E-state index contributed by atoms with van der Waals surface area (Å²) in [6, 6.07) is 7.56. The quantitative estimate of drug-likeness (QED) is 0.347. The number of benzene rings is 1. The number of nitrogens with zero attached hydrogens (tertiary/aromatic N) is 3. The number of aromatic amines is 1. The van der Waals surface area contributed by atoms with Gasteiger partial charge in [0.05, 0.1) is 32.5 Å². The van der Waals surface area contributed by atoms with Gasteiger partial charge >= 0.3 is 13.7 Å². The van der Waals surface area contributed by atoms with E-state index >= 15 is 0 Å². The Morgan fingerprint density at radius 3 is 2.88 bits per heavy atom. The number of carbonyl (C=O) groups excluding carboxylic acids is 1. The lowest BCUT2D eigenvalue weighted by Crippen LogP contribution is -2.35. The van der Waals surface area contributed by atoms with E-state index in [0.717, 1.165) is 0 Å². The molecule has 0 spiro atoms. The van der Waals surface area contributed by atoms with Gasteiger partial charge in [0, 0.05) is 0 Å². The van der Waals surface area contributed by atoms with Crippen LogP contribution in [0.1, 0.15) is 26.0 Å². The van der Waals surface area contributed by atoms with E-state index in [1.165, 1.54) is 26.7 Å². The largest absolute Gasteiger partial charge is 0.468 e. The number of rotatable bonds is 9. The van der Waals surface area contributed by atoms with Crippen LogP contribution in [0.3, 0.4) is 0 Å². The third-order valence-corrected chi connectivity index (χ3v) is 6.71. The highest BCUT2D eigenvalue weighted by molar-refractivity contribution is 7.52. The van der Waals surface area contributed by atoms with Crippen LogP contribution >= 0.6 is 7.75 Å². The number of esters is 1. The minimum absolute atomic E-state index is 0.0534. The van der Waals surface area contributed by atoms with E-state index in [1.807, 2.05) is 0 Å². The Bertz CT molecular complexity index is 1210. The van der Waals surface area contributed by atoms with Gasteiger partial charge in [-0.1, -0.05) is 18.2 Å². The van der Waals surface area contributed by atoms with Gasteiger partial charge in [0.1, 0.15) is 18.0 Å². The third kappa shape index (κ3) is 5.31. The lowest BCUT2D eigenvalue weighted by molar-refractivity contribution is -0.142. The average molecular weight is 477 g/mol. The molecule has 1 fully saturated rings. The molecule has 176 valence electrons. The smallest absolute Gasteiger partial charge is 0.459 e. The fourth-order valence-electron chi connectivity index (χ4n) is 3.45.